The molecule has 0 fully saturated rings. The molecule has 1 aromatic carbocycles. The average Bonchev–Trinajstić information content (AvgIpc) is 2.61. The number of hydrogen-bond acceptors (Lipinski definition) is 2. The largest absolute Gasteiger partial charge is 0.399 e. The quantitative estimate of drug-likeness (QED) is 0.642. The lowest BCUT2D eigenvalue weighted by Gasteiger charge is -2.07. The number of anilines is 2. The van der Waals surface area contributed by atoms with Gasteiger partial charge in [-0.05, 0) is 43.0 Å². The first-order valence-electron chi connectivity index (χ1n) is 4.62. The molecule has 0 aliphatic heterocycles. The standard InChI is InChI=1S/C11H14N2/c12-9-5-6-11(13)10(7-9)8-3-1-2-4-8/h3,5-7H,1-2,4,12-13H2. The predicted octanol–water partition coefficient (Wildman–Crippen LogP) is 2.42. The molecular formula is C11H14N2. The third-order valence-corrected chi connectivity index (χ3v) is 2.46. The molecule has 0 bridgehead atoms. The molecule has 13 heavy (non-hydrogen) atoms. The van der Waals surface area contributed by atoms with Crippen LogP contribution >= 0.6 is 0 Å². The Morgan fingerprint density at radius 1 is 1.15 bits per heavy atom. The minimum atomic E-state index is 0.789. The molecule has 0 radical (unpaired) electrons. The molecule has 68 valence electrons. The second-order valence-electron chi connectivity index (χ2n) is 3.47. The van der Waals surface area contributed by atoms with Crippen molar-refractivity contribution in [2.24, 2.45) is 0 Å². The van der Waals surface area contributed by atoms with Gasteiger partial charge in [0.2, 0.25) is 0 Å². The van der Waals surface area contributed by atoms with Gasteiger partial charge in [0.05, 0.1) is 0 Å². The molecule has 0 saturated carbocycles. The summed E-state index contributed by atoms with van der Waals surface area (Å²) >= 11 is 0. The van der Waals surface area contributed by atoms with E-state index < -0.39 is 0 Å². The van der Waals surface area contributed by atoms with Crippen LogP contribution in [0.1, 0.15) is 24.8 Å². The zero-order valence-electron chi connectivity index (χ0n) is 7.59. The van der Waals surface area contributed by atoms with Gasteiger partial charge < -0.3 is 11.5 Å². The fourth-order valence-corrected chi connectivity index (χ4v) is 1.77. The molecule has 0 spiro atoms. The van der Waals surface area contributed by atoms with Gasteiger partial charge in [-0.15, -0.1) is 0 Å². The van der Waals surface area contributed by atoms with E-state index in [-0.39, 0.29) is 0 Å². The summed E-state index contributed by atoms with van der Waals surface area (Å²) in [6, 6.07) is 5.69. The van der Waals surface area contributed by atoms with Gasteiger partial charge in [0.25, 0.3) is 0 Å². The zero-order chi connectivity index (χ0) is 9.26. The molecule has 0 atom stereocenters. The fraction of sp³-hybridized carbons (Fsp3) is 0.273. The fourth-order valence-electron chi connectivity index (χ4n) is 1.77. The van der Waals surface area contributed by atoms with E-state index in [2.05, 4.69) is 6.08 Å². The summed E-state index contributed by atoms with van der Waals surface area (Å²) in [5.74, 6) is 0. The van der Waals surface area contributed by atoms with Crippen molar-refractivity contribution >= 4 is 16.9 Å². The second-order valence-corrected chi connectivity index (χ2v) is 3.47. The first-order chi connectivity index (χ1) is 6.27. The normalized spacial score (nSPS) is 15.8. The van der Waals surface area contributed by atoms with Crippen molar-refractivity contribution in [3.63, 3.8) is 0 Å². The van der Waals surface area contributed by atoms with Crippen LogP contribution in [0.2, 0.25) is 0 Å². The molecular weight excluding hydrogens is 160 g/mol. The van der Waals surface area contributed by atoms with E-state index in [1.165, 1.54) is 18.4 Å². The van der Waals surface area contributed by atoms with E-state index in [1.807, 2.05) is 18.2 Å². The van der Waals surface area contributed by atoms with Crippen molar-refractivity contribution in [2.75, 3.05) is 11.5 Å². The molecule has 4 N–H and O–H groups in total. The van der Waals surface area contributed by atoms with Crippen molar-refractivity contribution in [3.8, 4) is 0 Å². The molecule has 0 aromatic heterocycles. The maximum absolute atomic E-state index is 5.87. The number of hydrogen-bond donors (Lipinski definition) is 2. The van der Waals surface area contributed by atoms with Gasteiger partial charge in [-0.3, -0.25) is 0 Å². The summed E-state index contributed by atoms with van der Waals surface area (Å²) in [5, 5.41) is 0. The lowest BCUT2D eigenvalue weighted by Crippen LogP contribution is -1.95. The Kier molecular flexibility index (Phi) is 1.97. The number of nitrogen functional groups attached to an aromatic ring is 2. The molecule has 2 rings (SSSR count). The summed E-state index contributed by atoms with van der Waals surface area (Å²) < 4.78 is 0. The summed E-state index contributed by atoms with van der Waals surface area (Å²) in [4.78, 5) is 0. The Balaban J connectivity index is 2.43. The van der Waals surface area contributed by atoms with Gasteiger partial charge >= 0.3 is 0 Å². The summed E-state index contributed by atoms with van der Waals surface area (Å²) in [5.41, 5.74) is 15.7. The third-order valence-electron chi connectivity index (χ3n) is 2.46. The Morgan fingerprint density at radius 2 is 2.00 bits per heavy atom. The van der Waals surface area contributed by atoms with Crippen LogP contribution in [0, 0.1) is 0 Å². The van der Waals surface area contributed by atoms with E-state index in [1.54, 1.807) is 0 Å². The highest BCUT2D eigenvalue weighted by Gasteiger charge is 2.09. The van der Waals surface area contributed by atoms with Crippen LogP contribution in [0.15, 0.2) is 24.3 Å². The summed E-state index contributed by atoms with van der Waals surface area (Å²) in [7, 11) is 0. The SMILES string of the molecule is Nc1ccc(N)c(C2=CCCC2)c1. The molecule has 2 heteroatoms. The van der Waals surface area contributed by atoms with Crippen molar-refractivity contribution in [3.05, 3.63) is 29.8 Å². The van der Waals surface area contributed by atoms with Crippen molar-refractivity contribution in [1.29, 1.82) is 0 Å². The van der Waals surface area contributed by atoms with Gasteiger partial charge in [0, 0.05) is 16.9 Å². The second kappa shape index (κ2) is 3.13. The van der Waals surface area contributed by atoms with Gasteiger partial charge in [-0.25, -0.2) is 0 Å². The van der Waals surface area contributed by atoms with Crippen molar-refractivity contribution in [2.45, 2.75) is 19.3 Å². The highest BCUT2D eigenvalue weighted by Crippen LogP contribution is 2.32. The minimum absolute atomic E-state index is 0.789. The highest BCUT2D eigenvalue weighted by atomic mass is 14.6. The van der Waals surface area contributed by atoms with Crippen LogP contribution in [0.3, 0.4) is 0 Å². The average molecular weight is 174 g/mol. The number of benzene rings is 1. The van der Waals surface area contributed by atoms with Crippen LogP contribution in [-0.2, 0) is 0 Å². The van der Waals surface area contributed by atoms with Crippen molar-refractivity contribution in [1.82, 2.24) is 0 Å². The van der Waals surface area contributed by atoms with E-state index >= 15 is 0 Å². The highest BCUT2D eigenvalue weighted by molar-refractivity contribution is 5.78. The molecule has 1 aliphatic carbocycles. The minimum Gasteiger partial charge on any atom is -0.399 e. The van der Waals surface area contributed by atoms with Crippen molar-refractivity contribution < 1.29 is 0 Å². The molecule has 2 nitrogen and oxygen atoms in total. The Hall–Kier alpha value is -1.44. The lowest BCUT2D eigenvalue weighted by atomic mass is 10.0. The van der Waals surface area contributed by atoms with Gasteiger partial charge in [-0.1, -0.05) is 6.08 Å². The van der Waals surface area contributed by atoms with E-state index in [0.29, 0.717) is 0 Å². The van der Waals surface area contributed by atoms with Gasteiger partial charge in [0.15, 0.2) is 0 Å². The zero-order valence-corrected chi connectivity index (χ0v) is 7.59. The Labute approximate surface area is 78.2 Å². The van der Waals surface area contributed by atoms with Crippen LogP contribution in [0.4, 0.5) is 11.4 Å². The third kappa shape index (κ3) is 1.52. The maximum Gasteiger partial charge on any atom is 0.0391 e. The molecule has 1 aliphatic rings. The lowest BCUT2D eigenvalue weighted by molar-refractivity contribution is 0.935. The molecule has 1 aromatic rings. The first kappa shape index (κ1) is 8.17. The van der Waals surface area contributed by atoms with Crippen LogP contribution in [0.5, 0.6) is 0 Å². The predicted molar refractivity (Wildman–Crippen MR) is 57.1 cm³/mol. The number of nitrogens with two attached hydrogens (primary N) is 2. The monoisotopic (exact) mass is 174 g/mol. The van der Waals surface area contributed by atoms with Crippen LogP contribution in [0.25, 0.3) is 5.57 Å². The van der Waals surface area contributed by atoms with E-state index in [4.69, 9.17) is 11.5 Å². The summed E-state index contributed by atoms with van der Waals surface area (Å²) in [6.07, 6.45) is 5.80. The molecule has 0 amide bonds. The molecule has 0 heterocycles. The first-order valence-corrected chi connectivity index (χ1v) is 4.62. The summed E-state index contributed by atoms with van der Waals surface area (Å²) in [6.45, 7) is 0. The Morgan fingerprint density at radius 3 is 2.69 bits per heavy atom. The number of rotatable bonds is 1. The molecule has 0 saturated heterocycles. The van der Waals surface area contributed by atoms with E-state index in [9.17, 15) is 0 Å². The van der Waals surface area contributed by atoms with Crippen LogP contribution in [-0.4, -0.2) is 0 Å². The van der Waals surface area contributed by atoms with Gasteiger partial charge in [-0.2, -0.15) is 0 Å². The van der Waals surface area contributed by atoms with Crippen LogP contribution < -0.4 is 11.5 Å². The topological polar surface area (TPSA) is 52.0 Å². The van der Waals surface area contributed by atoms with E-state index in [0.717, 1.165) is 23.4 Å². The van der Waals surface area contributed by atoms with Gasteiger partial charge in [0.1, 0.15) is 0 Å². The smallest absolute Gasteiger partial charge is 0.0391 e. The maximum atomic E-state index is 5.87. The Bertz CT molecular complexity index is 353. The number of allylic oxidation sites excluding steroid dienone is 2. The molecule has 0 unspecified atom stereocenters.